The van der Waals surface area contributed by atoms with Crippen LogP contribution in [0.4, 0.5) is 0 Å². The Labute approximate surface area is 135 Å². The molecule has 0 aromatic heterocycles. The second-order valence-corrected chi connectivity index (χ2v) is 5.54. The first kappa shape index (κ1) is 17.0. The zero-order valence-corrected chi connectivity index (χ0v) is 13.3. The molecule has 0 saturated heterocycles. The lowest BCUT2D eigenvalue weighted by Crippen LogP contribution is -2.19. The smallest absolute Gasteiger partial charge is 0.337 e. The molecule has 1 unspecified atom stereocenters. The molecule has 23 heavy (non-hydrogen) atoms. The molecular weight excluding hydrogens is 294 g/mol. The van der Waals surface area contributed by atoms with E-state index in [4.69, 9.17) is 9.84 Å². The highest BCUT2D eigenvalue weighted by Gasteiger charge is 2.15. The van der Waals surface area contributed by atoms with Crippen LogP contribution in [-0.2, 0) is 4.79 Å². The van der Waals surface area contributed by atoms with Gasteiger partial charge in [0.25, 0.3) is 0 Å². The third-order valence-corrected chi connectivity index (χ3v) is 3.46. The van der Waals surface area contributed by atoms with E-state index in [0.29, 0.717) is 12.2 Å². The van der Waals surface area contributed by atoms with Crippen LogP contribution in [0.5, 0.6) is 5.75 Å². The number of carboxylic acid groups (broad SMARTS) is 1. The fourth-order valence-electron chi connectivity index (χ4n) is 2.09. The van der Waals surface area contributed by atoms with Crippen molar-refractivity contribution in [3.05, 3.63) is 54.1 Å². The van der Waals surface area contributed by atoms with Crippen LogP contribution in [0.15, 0.2) is 48.5 Å². The number of hydrogen-bond acceptors (Lipinski definition) is 4. The van der Waals surface area contributed by atoms with Gasteiger partial charge < -0.3 is 19.8 Å². The molecule has 0 bridgehead atoms. The number of aliphatic carboxylic acids is 1. The van der Waals surface area contributed by atoms with E-state index in [9.17, 15) is 9.90 Å². The third kappa shape index (κ3) is 4.81. The number of nitrogens with zero attached hydrogens (tertiary/aromatic N) is 1. The zero-order chi connectivity index (χ0) is 16.8. The van der Waals surface area contributed by atoms with Gasteiger partial charge in [-0.1, -0.05) is 36.4 Å². The molecule has 0 aliphatic rings. The Bertz CT molecular complexity index is 635. The molecule has 5 heteroatoms. The molecule has 0 radical (unpaired) electrons. The minimum Gasteiger partial charge on any atom is -0.492 e. The quantitative estimate of drug-likeness (QED) is 0.821. The number of carboxylic acids is 1. The van der Waals surface area contributed by atoms with E-state index >= 15 is 0 Å². The van der Waals surface area contributed by atoms with Crippen LogP contribution in [0.2, 0.25) is 0 Å². The maximum Gasteiger partial charge on any atom is 0.337 e. The first-order valence-corrected chi connectivity index (χ1v) is 7.36. The summed E-state index contributed by atoms with van der Waals surface area (Å²) in [6.07, 6.45) is -1.49. The standard InChI is InChI=1S/C18H21NO4/c1-19(2)11-12-23-16-9-7-14(8-10-16)13-3-5-15(6-4-13)17(20)18(21)22/h3-10,17,20H,11-12H2,1-2H3,(H,21,22). The van der Waals surface area contributed by atoms with E-state index < -0.39 is 12.1 Å². The highest BCUT2D eigenvalue weighted by atomic mass is 16.5. The normalized spacial score (nSPS) is 12.2. The molecule has 2 aromatic carbocycles. The summed E-state index contributed by atoms with van der Waals surface area (Å²) in [7, 11) is 3.99. The lowest BCUT2D eigenvalue weighted by Gasteiger charge is -2.11. The molecule has 0 saturated carbocycles. The highest BCUT2D eigenvalue weighted by molar-refractivity contribution is 5.74. The van der Waals surface area contributed by atoms with Gasteiger partial charge in [0.2, 0.25) is 0 Å². The van der Waals surface area contributed by atoms with E-state index in [-0.39, 0.29) is 0 Å². The largest absolute Gasteiger partial charge is 0.492 e. The monoisotopic (exact) mass is 315 g/mol. The van der Waals surface area contributed by atoms with Gasteiger partial charge in [-0.05, 0) is 42.9 Å². The number of benzene rings is 2. The topological polar surface area (TPSA) is 70.0 Å². The number of hydrogen-bond donors (Lipinski definition) is 2. The van der Waals surface area contributed by atoms with Gasteiger partial charge in [0.1, 0.15) is 12.4 Å². The third-order valence-electron chi connectivity index (χ3n) is 3.46. The highest BCUT2D eigenvalue weighted by Crippen LogP contribution is 2.24. The van der Waals surface area contributed by atoms with Gasteiger partial charge in [-0.3, -0.25) is 0 Å². The van der Waals surface area contributed by atoms with Crippen LogP contribution >= 0.6 is 0 Å². The molecular formula is C18H21NO4. The minimum absolute atomic E-state index is 0.366. The number of ether oxygens (including phenoxy) is 1. The molecule has 0 heterocycles. The van der Waals surface area contributed by atoms with E-state index in [1.165, 1.54) is 0 Å². The van der Waals surface area contributed by atoms with Crippen molar-refractivity contribution in [2.75, 3.05) is 27.2 Å². The average molecular weight is 315 g/mol. The Kier molecular flexibility index (Phi) is 5.73. The summed E-state index contributed by atoms with van der Waals surface area (Å²) < 4.78 is 5.64. The molecule has 0 aliphatic carbocycles. The van der Waals surface area contributed by atoms with Crippen LogP contribution in [0.3, 0.4) is 0 Å². The van der Waals surface area contributed by atoms with Crippen molar-refractivity contribution in [3.63, 3.8) is 0 Å². The SMILES string of the molecule is CN(C)CCOc1ccc(-c2ccc(C(O)C(=O)O)cc2)cc1. The number of likely N-dealkylation sites (N-methyl/N-ethyl adjacent to an activating group) is 1. The number of rotatable bonds is 7. The zero-order valence-electron chi connectivity index (χ0n) is 13.3. The van der Waals surface area contributed by atoms with E-state index in [0.717, 1.165) is 23.4 Å². The number of carbonyl (C=O) groups is 1. The van der Waals surface area contributed by atoms with Crippen LogP contribution < -0.4 is 4.74 Å². The molecule has 5 nitrogen and oxygen atoms in total. The summed E-state index contributed by atoms with van der Waals surface area (Å²) >= 11 is 0. The Morgan fingerprint density at radius 3 is 2.04 bits per heavy atom. The molecule has 0 fully saturated rings. The Morgan fingerprint density at radius 1 is 1.04 bits per heavy atom. The van der Waals surface area contributed by atoms with Crippen molar-refractivity contribution in [2.24, 2.45) is 0 Å². The molecule has 0 amide bonds. The number of aliphatic hydroxyl groups is 1. The lowest BCUT2D eigenvalue weighted by molar-refractivity contribution is -0.146. The van der Waals surface area contributed by atoms with Crippen LogP contribution in [0, 0.1) is 0 Å². The Balaban J connectivity index is 2.03. The summed E-state index contributed by atoms with van der Waals surface area (Å²) in [5, 5.41) is 18.3. The van der Waals surface area contributed by atoms with Crippen molar-refractivity contribution in [1.29, 1.82) is 0 Å². The van der Waals surface area contributed by atoms with E-state index in [2.05, 4.69) is 4.90 Å². The summed E-state index contributed by atoms with van der Waals surface area (Å²) in [6.45, 7) is 1.49. The predicted molar refractivity (Wildman–Crippen MR) is 88.5 cm³/mol. The average Bonchev–Trinajstić information content (AvgIpc) is 2.54. The second kappa shape index (κ2) is 7.76. The minimum atomic E-state index is -1.49. The van der Waals surface area contributed by atoms with Gasteiger partial charge in [0.05, 0.1) is 0 Å². The van der Waals surface area contributed by atoms with Crippen molar-refractivity contribution in [2.45, 2.75) is 6.10 Å². The van der Waals surface area contributed by atoms with Gasteiger partial charge >= 0.3 is 5.97 Å². The molecule has 1 atom stereocenters. The Morgan fingerprint density at radius 2 is 1.57 bits per heavy atom. The first-order valence-electron chi connectivity index (χ1n) is 7.36. The Hall–Kier alpha value is -2.37. The van der Waals surface area contributed by atoms with E-state index in [1.807, 2.05) is 38.4 Å². The van der Waals surface area contributed by atoms with Crippen LogP contribution in [-0.4, -0.2) is 48.3 Å². The fourth-order valence-corrected chi connectivity index (χ4v) is 2.09. The molecule has 2 aromatic rings. The molecule has 2 rings (SSSR count). The van der Waals surface area contributed by atoms with Crippen molar-refractivity contribution in [1.82, 2.24) is 4.90 Å². The number of aliphatic hydroxyl groups excluding tert-OH is 1. The van der Waals surface area contributed by atoms with Crippen LogP contribution in [0.25, 0.3) is 11.1 Å². The lowest BCUT2D eigenvalue weighted by atomic mass is 10.0. The first-order chi connectivity index (χ1) is 11.0. The van der Waals surface area contributed by atoms with E-state index in [1.54, 1.807) is 24.3 Å². The fraction of sp³-hybridized carbons (Fsp3) is 0.278. The maximum absolute atomic E-state index is 10.8. The van der Waals surface area contributed by atoms with Crippen molar-refractivity contribution in [3.8, 4) is 16.9 Å². The molecule has 122 valence electrons. The summed E-state index contributed by atoms with van der Waals surface area (Å²) in [5.41, 5.74) is 2.32. The van der Waals surface area contributed by atoms with Gasteiger partial charge in [0, 0.05) is 6.54 Å². The summed E-state index contributed by atoms with van der Waals surface area (Å²) in [4.78, 5) is 12.8. The second-order valence-electron chi connectivity index (χ2n) is 5.54. The van der Waals surface area contributed by atoms with Crippen molar-refractivity contribution >= 4 is 5.97 Å². The van der Waals surface area contributed by atoms with Gasteiger partial charge in [-0.2, -0.15) is 0 Å². The summed E-state index contributed by atoms with van der Waals surface area (Å²) in [5.74, 6) is -0.439. The molecule has 2 N–H and O–H groups in total. The van der Waals surface area contributed by atoms with Gasteiger partial charge in [-0.15, -0.1) is 0 Å². The van der Waals surface area contributed by atoms with Crippen LogP contribution in [0.1, 0.15) is 11.7 Å². The molecule has 0 spiro atoms. The van der Waals surface area contributed by atoms with Gasteiger partial charge in [0.15, 0.2) is 6.10 Å². The van der Waals surface area contributed by atoms with Gasteiger partial charge in [-0.25, -0.2) is 4.79 Å². The maximum atomic E-state index is 10.8. The predicted octanol–water partition coefficient (Wildman–Crippen LogP) is 2.41. The van der Waals surface area contributed by atoms with Crippen molar-refractivity contribution < 1.29 is 19.7 Å². The summed E-state index contributed by atoms with van der Waals surface area (Å²) in [6, 6.07) is 14.6. The molecule has 0 aliphatic heterocycles.